The van der Waals surface area contributed by atoms with Crippen molar-refractivity contribution < 1.29 is 0 Å². The van der Waals surface area contributed by atoms with Gasteiger partial charge in [0.1, 0.15) is 0 Å². The molecule has 4 aromatic carbocycles. The zero-order valence-corrected chi connectivity index (χ0v) is 20.6. The second-order valence-electron chi connectivity index (χ2n) is 9.17. The highest BCUT2D eigenvalue weighted by atomic mass is 15.0. The van der Waals surface area contributed by atoms with Crippen molar-refractivity contribution in [1.82, 2.24) is 9.13 Å². The maximum absolute atomic E-state index is 2.36. The molecule has 2 nitrogen and oxygen atoms in total. The van der Waals surface area contributed by atoms with Crippen LogP contribution in [0.5, 0.6) is 0 Å². The molecular weight excluding hydrogens is 436 g/mol. The van der Waals surface area contributed by atoms with E-state index in [9.17, 15) is 0 Å². The topological polar surface area (TPSA) is 9.86 Å². The number of hydrogen-bond acceptors (Lipinski definition) is 0. The monoisotopic (exact) mass is 464 g/mol. The molecule has 0 unspecified atom stereocenters. The lowest BCUT2D eigenvalue weighted by atomic mass is 9.97. The van der Waals surface area contributed by atoms with E-state index in [0.29, 0.717) is 0 Å². The molecule has 6 aromatic rings. The summed E-state index contributed by atoms with van der Waals surface area (Å²) < 4.78 is 4.67. The van der Waals surface area contributed by atoms with Crippen LogP contribution < -0.4 is 0 Å². The molecule has 0 saturated heterocycles. The van der Waals surface area contributed by atoms with E-state index >= 15 is 0 Å². The average molecular weight is 465 g/mol. The summed E-state index contributed by atoms with van der Waals surface area (Å²) >= 11 is 0. The van der Waals surface area contributed by atoms with E-state index in [2.05, 4.69) is 157 Å². The SMILES string of the molecule is Cn1c(-c2ccccc2)cc(-c2cc(-c3ccccc3)n(C)c2-c2ccccc2)c1-c1ccccc1. The second-order valence-corrected chi connectivity index (χ2v) is 9.17. The molecule has 2 heteroatoms. The van der Waals surface area contributed by atoms with Gasteiger partial charge in [-0.15, -0.1) is 0 Å². The van der Waals surface area contributed by atoms with E-state index in [-0.39, 0.29) is 0 Å². The summed E-state index contributed by atoms with van der Waals surface area (Å²) in [6.07, 6.45) is 0. The van der Waals surface area contributed by atoms with Crippen LogP contribution in [0, 0.1) is 0 Å². The number of nitrogens with zero attached hydrogens (tertiary/aromatic N) is 2. The molecule has 0 radical (unpaired) electrons. The van der Waals surface area contributed by atoms with Gasteiger partial charge in [-0.1, -0.05) is 121 Å². The van der Waals surface area contributed by atoms with Crippen LogP contribution in [0.2, 0.25) is 0 Å². The molecule has 0 aliphatic heterocycles. The zero-order valence-electron chi connectivity index (χ0n) is 20.6. The van der Waals surface area contributed by atoms with Gasteiger partial charge in [0.05, 0.1) is 11.4 Å². The Balaban J connectivity index is 1.68. The van der Waals surface area contributed by atoms with Crippen molar-refractivity contribution in [3.05, 3.63) is 133 Å². The minimum Gasteiger partial charge on any atom is -0.343 e. The standard InChI is InChI=1S/C34H28N2/c1-35-31(25-15-7-3-8-16-25)23-29(33(35)27-19-11-5-12-20-27)30-24-32(26-17-9-4-10-18-26)36(2)34(30)28-21-13-6-14-22-28/h3-24H,1-2H3. The van der Waals surface area contributed by atoms with Crippen molar-refractivity contribution in [2.24, 2.45) is 14.1 Å². The molecule has 0 aliphatic carbocycles. The highest BCUT2D eigenvalue weighted by Crippen LogP contribution is 2.44. The van der Waals surface area contributed by atoms with Crippen molar-refractivity contribution in [1.29, 1.82) is 0 Å². The lowest BCUT2D eigenvalue weighted by Crippen LogP contribution is -1.97. The molecule has 36 heavy (non-hydrogen) atoms. The van der Waals surface area contributed by atoms with Gasteiger partial charge < -0.3 is 9.13 Å². The van der Waals surface area contributed by atoms with Gasteiger partial charge in [0.15, 0.2) is 0 Å². The third-order valence-corrected chi connectivity index (χ3v) is 6.99. The van der Waals surface area contributed by atoms with E-state index in [1.54, 1.807) is 0 Å². The summed E-state index contributed by atoms with van der Waals surface area (Å²) in [4.78, 5) is 0. The van der Waals surface area contributed by atoms with Gasteiger partial charge in [0.2, 0.25) is 0 Å². The molecule has 0 saturated carbocycles. The summed E-state index contributed by atoms with van der Waals surface area (Å²) in [6, 6.07) is 47.5. The number of hydrogen-bond donors (Lipinski definition) is 0. The van der Waals surface area contributed by atoms with Crippen molar-refractivity contribution in [2.75, 3.05) is 0 Å². The lowest BCUT2D eigenvalue weighted by molar-refractivity contribution is 0.943. The molecule has 0 bridgehead atoms. The molecule has 0 amide bonds. The Labute approximate surface area is 212 Å². The molecule has 0 atom stereocenters. The fourth-order valence-electron chi connectivity index (χ4n) is 5.28. The van der Waals surface area contributed by atoms with Crippen LogP contribution in [0.15, 0.2) is 133 Å². The summed E-state index contributed by atoms with van der Waals surface area (Å²) in [5.74, 6) is 0. The number of benzene rings is 4. The number of aromatic nitrogens is 2. The Morgan fingerprint density at radius 3 is 0.944 bits per heavy atom. The molecule has 0 spiro atoms. The minimum absolute atomic E-state index is 1.20. The van der Waals surface area contributed by atoms with E-state index in [1.807, 2.05) is 0 Å². The Bertz CT molecular complexity index is 1480. The fraction of sp³-hybridized carbons (Fsp3) is 0.0588. The van der Waals surface area contributed by atoms with Crippen LogP contribution in [0.25, 0.3) is 56.2 Å². The fourth-order valence-corrected chi connectivity index (χ4v) is 5.28. The first-order valence-electron chi connectivity index (χ1n) is 12.3. The number of rotatable bonds is 5. The third kappa shape index (κ3) is 3.77. The first kappa shape index (κ1) is 21.9. The molecule has 174 valence electrons. The van der Waals surface area contributed by atoms with Crippen LogP contribution in [0.1, 0.15) is 0 Å². The third-order valence-electron chi connectivity index (χ3n) is 6.99. The molecule has 0 N–H and O–H groups in total. The first-order valence-corrected chi connectivity index (χ1v) is 12.3. The van der Waals surface area contributed by atoms with E-state index in [4.69, 9.17) is 0 Å². The minimum atomic E-state index is 1.20. The molecule has 0 aliphatic rings. The molecule has 2 aromatic heterocycles. The van der Waals surface area contributed by atoms with Crippen molar-refractivity contribution in [3.8, 4) is 56.2 Å². The zero-order chi connectivity index (χ0) is 24.5. The molecule has 2 heterocycles. The summed E-state index contributed by atoms with van der Waals surface area (Å²) in [5.41, 5.74) is 12.2. The largest absolute Gasteiger partial charge is 0.343 e. The van der Waals surface area contributed by atoms with Crippen LogP contribution in [0.3, 0.4) is 0 Å². The highest BCUT2D eigenvalue weighted by molar-refractivity contribution is 5.95. The van der Waals surface area contributed by atoms with E-state index in [0.717, 1.165) is 0 Å². The van der Waals surface area contributed by atoms with Crippen LogP contribution in [0.4, 0.5) is 0 Å². The molecular formula is C34H28N2. The van der Waals surface area contributed by atoms with Gasteiger partial charge in [0.25, 0.3) is 0 Å². The smallest absolute Gasteiger partial charge is 0.0563 e. The van der Waals surface area contributed by atoms with Crippen molar-refractivity contribution in [3.63, 3.8) is 0 Å². The second kappa shape index (κ2) is 9.24. The van der Waals surface area contributed by atoms with Gasteiger partial charge in [-0.3, -0.25) is 0 Å². The molecule has 6 rings (SSSR count). The Kier molecular flexibility index (Phi) is 5.63. The maximum Gasteiger partial charge on any atom is 0.0563 e. The Morgan fingerprint density at radius 1 is 0.361 bits per heavy atom. The van der Waals surface area contributed by atoms with Crippen LogP contribution >= 0.6 is 0 Å². The average Bonchev–Trinajstić information content (AvgIpc) is 3.47. The van der Waals surface area contributed by atoms with Crippen molar-refractivity contribution >= 4 is 0 Å². The summed E-state index contributed by atoms with van der Waals surface area (Å²) in [6.45, 7) is 0. The Morgan fingerprint density at radius 2 is 0.639 bits per heavy atom. The highest BCUT2D eigenvalue weighted by Gasteiger charge is 2.23. The van der Waals surface area contributed by atoms with Crippen LogP contribution in [-0.4, -0.2) is 9.13 Å². The van der Waals surface area contributed by atoms with Gasteiger partial charge in [-0.25, -0.2) is 0 Å². The normalized spacial score (nSPS) is 11.1. The predicted molar refractivity (Wildman–Crippen MR) is 152 cm³/mol. The molecule has 0 fully saturated rings. The van der Waals surface area contributed by atoms with E-state index < -0.39 is 0 Å². The summed E-state index contributed by atoms with van der Waals surface area (Å²) in [7, 11) is 4.36. The van der Waals surface area contributed by atoms with Gasteiger partial charge in [0, 0.05) is 36.6 Å². The van der Waals surface area contributed by atoms with Crippen LogP contribution in [-0.2, 0) is 14.1 Å². The maximum atomic E-state index is 2.36. The Hall–Kier alpha value is -4.56. The predicted octanol–water partition coefficient (Wildman–Crippen LogP) is 8.70. The summed E-state index contributed by atoms with van der Waals surface area (Å²) in [5, 5.41) is 0. The van der Waals surface area contributed by atoms with E-state index in [1.165, 1.54) is 56.2 Å². The van der Waals surface area contributed by atoms with Gasteiger partial charge >= 0.3 is 0 Å². The van der Waals surface area contributed by atoms with Gasteiger partial charge in [-0.05, 0) is 34.4 Å². The van der Waals surface area contributed by atoms with Crippen molar-refractivity contribution in [2.45, 2.75) is 0 Å². The lowest BCUT2D eigenvalue weighted by Gasteiger charge is -2.12. The first-order chi connectivity index (χ1) is 17.7. The van der Waals surface area contributed by atoms with Gasteiger partial charge in [-0.2, -0.15) is 0 Å². The quantitative estimate of drug-likeness (QED) is 0.241.